The summed E-state index contributed by atoms with van der Waals surface area (Å²) in [7, 11) is 2.83. The summed E-state index contributed by atoms with van der Waals surface area (Å²) in [5.41, 5.74) is 0.623. The Morgan fingerprint density at radius 1 is 1.29 bits per heavy atom. The Hall–Kier alpha value is -1.88. The van der Waals surface area contributed by atoms with Crippen LogP contribution in [-0.4, -0.2) is 39.7 Å². The van der Waals surface area contributed by atoms with Crippen molar-refractivity contribution in [2.75, 3.05) is 27.4 Å². The molecular weight excluding hydrogens is 224 g/mol. The second kappa shape index (κ2) is 6.65. The van der Waals surface area contributed by atoms with Crippen molar-refractivity contribution < 1.29 is 23.8 Å². The molecule has 0 atom stereocenters. The highest BCUT2D eigenvalue weighted by atomic mass is 16.5. The first-order valence-electron chi connectivity index (χ1n) is 5.02. The maximum absolute atomic E-state index is 11.5. The zero-order valence-electron chi connectivity index (χ0n) is 9.76. The molecule has 0 amide bonds. The minimum Gasteiger partial charge on any atom is -0.490 e. The van der Waals surface area contributed by atoms with Crippen molar-refractivity contribution >= 4 is 12.3 Å². The van der Waals surface area contributed by atoms with Gasteiger partial charge >= 0.3 is 5.97 Å². The molecule has 1 aromatic rings. The molecule has 0 unspecified atom stereocenters. The average Bonchev–Trinajstić information content (AvgIpc) is 2.38. The summed E-state index contributed by atoms with van der Waals surface area (Å²) in [6.45, 7) is 0.733. The van der Waals surface area contributed by atoms with Gasteiger partial charge in [-0.3, -0.25) is 4.79 Å². The molecule has 0 saturated heterocycles. The first kappa shape index (κ1) is 13.2. The van der Waals surface area contributed by atoms with Gasteiger partial charge in [0.2, 0.25) is 0 Å². The smallest absolute Gasteiger partial charge is 0.341 e. The first-order valence-corrected chi connectivity index (χ1v) is 5.02. The zero-order chi connectivity index (χ0) is 12.7. The number of hydrogen-bond donors (Lipinski definition) is 0. The van der Waals surface area contributed by atoms with Crippen LogP contribution in [0.25, 0.3) is 0 Å². The fourth-order valence-electron chi connectivity index (χ4n) is 1.25. The quantitative estimate of drug-likeness (QED) is 0.425. The third-order valence-corrected chi connectivity index (χ3v) is 2.09. The van der Waals surface area contributed by atoms with Gasteiger partial charge in [-0.25, -0.2) is 4.79 Å². The van der Waals surface area contributed by atoms with Crippen LogP contribution in [0, 0.1) is 0 Å². The molecule has 0 N–H and O–H groups in total. The topological polar surface area (TPSA) is 61.8 Å². The summed E-state index contributed by atoms with van der Waals surface area (Å²) in [6, 6.07) is 4.56. The molecular formula is C12H14O5. The average molecular weight is 238 g/mol. The van der Waals surface area contributed by atoms with E-state index in [2.05, 4.69) is 4.74 Å². The fraction of sp³-hybridized carbons (Fsp3) is 0.333. The summed E-state index contributed by atoms with van der Waals surface area (Å²) < 4.78 is 14.8. The van der Waals surface area contributed by atoms with E-state index in [1.54, 1.807) is 19.2 Å². The van der Waals surface area contributed by atoms with Crippen LogP contribution in [0.1, 0.15) is 20.7 Å². The van der Waals surface area contributed by atoms with E-state index in [0.29, 0.717) is 30.8 Å². The lowest BCUT2D eigenvalue weighted by molar-refractivity contribution is 0.0594. The number of esters is 1. The Balaban J connectivity index is 2.93. The number of carbonyl (C=O) groups is 2. The lowest BCUT2D eigenvalue weighted by atomic mass is 10.1. The molecule has 17 heavy (non-hydrogen) atoms. The third kappa shape index (κ3) is 3.57. The molecule has 0 heterocycles. The SMILES string of the molecule is COCCOc1ccc(C=O)cc1C(=O)OC. The highest BCUT2D eigenvalue weighted by molar-refractivity contribution is 5.94. The Bertz CT molecular complexity index is 400. The maximum Gasteiger partial charge on any atom is 0.341 e. The molecule has 0 radical (unpaired) electrons. The second-order valence-electron chi connectivity index (χ2n) is 3.21. The number of methoxy groups -OCH3 is 2. The molecule has 5 heteroatoms. The van der Waals surface area contributed by atoms with Crippen molar-refractivity contribution in [3.8, 4) is 5.75 Å². The van der Waals surface area contributed by atoms with Crippen molar-refractivity contribution in [2.24, 2.45) is 0 Å². The van der Waals surface area contributed by atoms with Crippen molar-refractivity contribution in [1.82, 2.24) is 0 Å². The molecule has 1 rings (SSSR count). The molecule has 5 nitrogen and oxygen atoms in total. The highest BCUT2D eigenvalue weighted by Crippen LogP contribution is 2.20. The summed E-state index contributed by atoms with van der Waals surface area (Å²) in [6.07, 6.45) is 0.658. The molecule has 0 aliphatic carbocycles. The molecule has 0 spiro atoms. The predicted octanol–water partition coefficient (Wildman–Crippen LogP) is 1.31. The van der Waals surface area contributed by atoms with Gasteiger partial charge in [-0.2, -0.15) is 0 Å². The monoisotopic (exact) mass is 238 g/mol. The van der Waals surface area contributed by atoms with Gasteiger partial charge in [-0.15, -0.1) is 0 Å². The van der Waals surface area contributed by atoms with E-state index in [1.165, 1.54) is 13.2 Å². The first-order chi connectivity index (χ1) is 8.22. The van der Waals surface area contributed by atoms with Crippen LogP contribution in [0.4, 0.5) is 0 Å². The molecule has 0 saturated carbocycles. The Kier molecular flexibility index (Phi) is 5.16. The van der Waals surface area contributed by atoms with Crippen LogP contribution < -0.4 is 4.74 Å². The largest absolute Gasteiger partial charge is 0.490 e. The van der Waals surface area contributed by atoms with Gasteiger partial charge in [0.25, 0.3) is 0 Å². The van der Waals surface area contributed by atoms with Crippen LogP contribution in [0.2, 0.25) is 0 Å². The van der Waals surface area contributed by atoms with Crippen LogP contribution in [0.3, 0.4) is 0 Å². The Morgan fingerprint density at radius 3 is 2.65 bits per heavy atom. The second-order valence-corrected chi connectivity index (χ2v) is 3.21. The van der Waals surface area contributed by atoms with E-state index in [0.717, 1.165) is 0 Å². The third-order valence-electron chi connectivity index (χ3n) is 2.09. The zero-order valence-corrected chi connectivity index (χ0v) is 9.76. The fourth-order valence-corrected chi connectivity index (χ4v) is 1.25. The lowest BCUT2D eigenvalue weighted by Crippen LogP contribution is -2.10. The number of benzene rings is 1. The van der Waals surface area contributed by atoms with Crippen molar-refractivity contribution in [1.29, 1.82) is 0 Å². The van der Waals surface area contributed by atoms with E-state index in [1.807, 2.05) is 0 Å². The maximum atomic E-state index is 11.5. The summed E-state index contributed by atoms with van der Waals surface area (Å²) in [4.78, 5) is 22.1. The molecule has 0 aromatic heterocycles. The number of hydrogen-bond acceptors (Lipinski definition) is 5. The minimum atomic E-state index is -0.541. The van der Waals surface area contributed by atoms with Gasteiger partial charge in [0, 0.05) is 12.7 Å². The van der Waals surface area contributed by atoms with Gasteiger partial charge in [-0.05, 0) is 18.2 Å². The molecule has 92 valence electrons. The minimum absolute atomic E-state index is 0.230. The Morgan fingerprint density at radius 2 is 2.06 bits per heavy atom. The molecule has 0 aliphatic rings. The van der Waals surface area contributed by atoms with Gasteiger partial charge in [0.05, 0.1) is 13.7 Å². The Labute approximate surface area is 99.3 Å². The molecule has 0 aliphatic heterocycles. The normalized spacial score (nSPS) is 9.76. The van der Waals surface area contributed by atoms with Crippen LogP contribution >= 0.6 is 0 Å². The number of aldehydes is 1. The van der Waals surface area contributed by atoms with Crippen molar-refractivity contribution in [2.45, 2.75) is 0 Å². The standard InChI is InChI=1S/C12H14O5/c1-15-5-6-17-11-4-3-9(8-13)7-10(11)12(14)16-2/h3-4,7-8H,5-6H2,1-2H3. The summed E-state index contributed by atoms with van der Waals surface area (Å²) in [5.74, 6) is -0.166. The van der Waals surface area contributed by atoms with Crippen molar-refractivity contribution in [3.05, 3.63) is 29.3 Å². The number of rotatable bonds is 6. The van der Waals surface area contributed by atoms with Gasteiger partial charge in [0.1, 0.15) is 24.2 Å². The van der Waals surface area contributed by atoms with Crippen molar-refractivity contribution in [3.63, 3.8) is 0 Å². The van der Waals surface area contributed by atoms with E-state index in [9.17, 15) is 9.59 Å². The van der Waals surface area contributed by atoms with Gasteiger partial charge in [-0.1, -0.05) is 0 Å². The summed E-state index contributed by atoms with van der Waals surface area (Å²) >= 11 is 0. The van der Waals surface area contributed by atoms with E-state index >= 15 is 0 Å². The predicted molar refractivity (Wildman–Crippen MR) is 60.5 cm³/mol. The van der Waals surface area contributed by atoms with Gasteiger partial charge < -0.3 is 14.2 Å². The van der Waals surface area contributed by atoms with Crippen LogP contribution in [-0.2, 0) is 9.47 Å². The lowest BCUT2D eigenvalue weighted by Gasteiger charge is -2.10. The molecule has 0 fully saturated rings. The van der Waals surface area contributed by atoms with Gasteiger partial charge in [0.15, 0.2) is 0 Å². The summed E-state index contributed by atoms with van der Waals surface area (Å²) in [5, 5.41) is 0. The molecule has 1 aromatic carbocycles. The van der Waals surface area contributed by atoms with Crippen LogP contribution in [0.5, 0.6) is 5.75 Å². The molecule has 0 bridgehead atoms. The van der Waals surface area contributed by atoms with E-state index in [4.69, 9.17) is 9.47 Å². The van der Waals surface area contributed by atoms with E-state index < -0.39 is 5.97 Å². The highest BCUT2D eigenvalue weighted by Gasteiger charge is 2.13. The number of carbonyl (C=O) groups excluding carboxylic acids is 2. The van der Waals surface area contributed by atoms with Crippen LogP contribution in [0.15, 0.2) is 18.2 Å². The number of ether oxygens (including phenoxy) is 3. The van der Waals surface area contributed by atoms with E-state index in [-0.39, 0.29) is 5.56 Å².